The molecule has 28 heavy (non-hydrogen) atoms. The minimum atomic E-state index is -3.44. The van der Waals surface area contributed by atoms with Crippen molar-refractivity contribution < 1.29 is 13.2 Å². The van der Waals surface area contributed by atoms with E-state index in [1.54, 1.807) is 24.6 Å². The van der Waals surface area contributed by atoms with Crippen LogP contribution in [-0.2, 0) is 16.6 Å². The van der Waals surface area contributed by atoms with Crippen LogP contribution in [0, 0.1) is 5.92 Å². The fourth-order valence-corrected chi connectivity index (χ4v) is 4.61. The summed E-state index contributed by atoms with van der Waals surface area (Å²) in [4.78, 5) is 4.18. The zero-order valence-corrected chi connectivity index (χ0v) is 17.5. The Morgan fingerprint density at radius 2 is 2.00 bits per heavy atom. The van der Waals surface area contributed by atoms with Crippen molar-refractivity contribution in [2.45, 2.75) is 23.6 Å². The molecule has 0 unspecified atom stereocenters. The number of thiophene rings is 1. The van der Waals surface area contributed by atoms with Crippen LogP contribution in [0.25, 0.3) is 0 Å². The van der Waals surface area contributed by atoms with Crippen LogP contribution in [0.15, 0.2) is 51.0 Å². The molecule has 7 nitrogen and oxygen atoms in total. The first-order valence-electron chi connectivity index (χ1n) is 9.27. The molecule has 1 aromatic carbocycles. The summed E-state index contributed by atoms with van der Waals surface area (Å²) < 4.78 is 33.0. The largest absolute Gasteiger partial charge is 0.493 e. The molecular formula is C19H26N4O3S2. The van der Waals surface area contributed by atoms with E-state index < -0.39 is 10.0 Å². The lowest BCUT2D eigenvalue weighted by Gasteiger charge is -2.15. The van der Waals surface area contributed by atoms with Crippen LogP contribution in [0.3, 0.4) is 0 Å². The Morgan fingerprint density at radius 1 is 1.18 bits per heavy atom. The maximum absolute atomic E-state index is 12.1. The highest BCUT2D eigenvalue weighted by atomic mass is 32.2. The first-order valence-corrected chi connectivity index (χ1v) is 11.6. The Kier molecular flexibility index (Phi) is 7.30. The van der Waals surface area contributed by atoms with Crippen molar-refractivity contribution in [1.82, 2.24) is 15.4 Å². The Hall–Kier alpha value is -2.10. The molecule has 0 spiro atoms. The Bertz CT molecular complexity index is 878. The lowest BCUT2D eigenvalue weighted by Crippen LogP contribution is -2.41. The first kappa shape index (κ1) is 20.6. The van der Waals surface area contributed by atoms with Gasteiger partial charge in [0.1, 0.15) is 9.96 Å². The van der Waals surface area contributed by atoms with Gasteiger partial charge in [0.25, 0.3) is 0 Å². The minimum Gasteiger partial charge on any atom is -0.493 e. The normalized spacial score (nSPS) is 14.7. The van der Waals surface area contributed by atoms with Crippen LogP contribution in [0.5, 0.6) is 5.75 Å². The van der Waals surface area contributed by atoms with E-state index in [1.165, 1.54) is 24.2 Å². The zero-order valence-electron chi connectivity index (χ0n) is 15.8. The lowest BCUT2D eigenvalue weighted by atomic mass is 10.2. The fourth-order valence-electron chi connectivity index (χ4n) is 2.54. The molecule has 0 saturated heterocycles. The standard InChI is InChI=1S/C19H26N4O3S2/c1-20-19(21-10-11-23-28(24,25)18-7-4-12-27-18)22-13-16-5-2-3-6-17(16)26-14-15-8-9-15/h2-7,12,15,23H,8-11,13-14H2,1H3,(H2,20,21,22). The van der Waals surface area contributed by atoms with Gasteiger partial charge >= 0.3 is 0 Å². The van der Waals surface area contributed by atoms with E-state index in [9.17, 15) is 8.42 Å². The summed E-state index contributed by atoms with van der Waals surface area (Å²) in [5.74, 6) is 2.20. The van der Waals surface area contributed by atoms with E-state index in [-0.39, 0.29) is 6.54 Å². The second-order valence-corrected chi connectivity index (χ2v) is 9.49. The number of para-hydroxylation sites is 1. The molecule has 9 heteroatoms. The third-order valence-corrected chi connectivity index (χ3v) is 7.14. The van der Waals surface area contributed by atoms with Gasteiger partial charge in [-0.25, -0.2) is 13.1 Å². The zero-order chi connectivity index (χ0) is 19.8. The molecule has 0 radical (unpaired) electrons. The number of hydrogen-bond donors (Lipinski definition) is 3. The second kappa shape index (κ2) is 9.90. The molecule has 1 aliphatic rings. The molecule has 3 rings (SSSR count). The average Bonchev–Trinajstić information content (AvgIpc) is 3.35. The third kappa shape index (κ3) is 6.22. The number of nitrogens with zero attached hydrogens (tertiary/aromatic N) is 1. The molecule has 152 valence electrons. The molecule has 0 aliphatic heterocycles. The van der Waals surface area contributed by atoms with Gasteiger partial charge in [-0.15, -0.1) is 11.3 Å². The van der Waals surface area contributed by atoms with E-state index in [2.05, 4.69) is 20.3 Å². The van der Waals surface area contributed by atoms with Crippen LogP contribution in [0.4, 0.5) is 0 Å². The number of benzene rings is 1. The molecule has 1 fully saturated rings. The van der Waals surface area contributed by atoms with Gasteiger partial charge in [-0.05, 0) is 36.3 Å². The summed E-state index contributed by atoms with van der Waals surface area (Å²) in [6.07, 6.45) is 2.51. The van der Waals surface area contributed by atoms with E-state index in [0.29, 0.717) is 29.2 Å². The Balaban J connectivity index is 1.42. The van der Waals surface area contributed by atoms with E-state index in [4.69, 9.17) is 4.74 Å². The summed E-state index contributed by atoms with van der Waals surface area (Å²) in [5.41, 5.74) is 1.06. The van der Waals surface area contributed by atoms with Crippen LogP contribution >= 0.6 is 11.3 Å². The van der Waals surface area contributed by atoms with Crippen LogP contribution in [0.1, 0.15) is 18.4 Å². The molecule has 0 amide bonds. The maximum atomic E-state index is 12.1. The Morgan fingerprint density at radius 3 is 2.71 bits per heavy atom. The monoisotopic (exact) mass is 422 g/mol. The van der Waals surface area contributed by atoms with Gasteiger partial charge in [-0.1, -0.05) is 24.3 Å². The molecule has 1 heterocycles. The van der Waals surface area contributed by atoms with E-state index >= 15 is 0 Å². The number of aliphatic imine (C=N–C) groups is 1. The first-order chi connectivity index (χ1) is 13.6. The summed E-state index contributed by atoms with van der Waals surface area (Å²) in [5, 5.41) is 8.09. The highest BCUT2D eigenvalue weighted by molar-refractivity contribution is 7.91. The number of sulfonamides is 1. The number of rotatable bonds is 10. The van der Waals surface area contributed by atoms with Gasteiger partial charge in [-0.2, -0.15) is 0 Å². The lowest BCUT2D eigenvalue weighted by molar-refractivity contribution is 0.296. The SMILES string of the molecule is CN=C(NCCNS(=O)(=O)c1cccs1)NCc1ccccc1OCC1CC1. The topological polar surface area (TPSA) is 91.8 Å². The smallest absolute Gasteiger partial charge is 0.250 e. The van der Waals surface area contributed by atoms with Gasteiger partial charge < -0.3 is 15.4 Å². The van der Waals surface area contributed by atoms with Crippen molar-refractivity contribution in [2.24, 2.45) is 10.9 Å². The molecule has 1 aromatic heterocycles. The fraction of sp³-hybridized carbons (Fsp3) is 0.421. The van der Waals surface area contributed by atoms with Gasteiger partial charge in [0.15, 0.2) is 5.96 Å². The Labute approximate surface area is 170 Å². The maximum Gasteiger partial charge on any atom is 0.250 e. The van der Waals surface area contributed by atoms with Crippen molar-refractivity contribution >= 4 is 27.3 Å². The summed E-state index contributed by atoms with van der Waals surface area (Å²) in [6, 6.07) is 11.3. The predicted molar refractivity (Wildman–Crippen MR) is 112 cm³/mol. The highest BCUT2D eigenvalue weighted by Gasteiger charge is 2.22. The van der Waals surface area contributed by atoms with Crippen molar-refractivity contribution in [1.29, 1.82) is 0 Å². The summed E-state index contributed by atoms with van der Waals surface area (Å²) in [7, 11) is -1.76. The van der Waals surface area contributed by atoms with Gasteiger partial charge in [0.2, 0.25) is 10.0 Å². The van der Waals surface area contributed by atoms with Gasteiger partial charge in [0.05, 0.1) is 6.61 Å². The summed E-state index contributed by atoms with van der Waals surface area (Å²) in [6.45, 7) is 2.03. The molecule has 1 saturated carbocycles. The molecule has 2 aromatic rings. The molecule has 0 atom stereocenters. The van der Waals surface area contributed by atoms with Gasteiger partial charge in [0, 0.05) is 32.2 Å². The molecule has 3 N–H and O–H groups in total. The van der Waals surface area contributed by atoms with Crippen LogP contribution < -0.4 is 20.1 Å². The van der Waals surface area contributed by atoms with Crippen molar-refractivity contribution in [3.63, 3.8) is 0 Å². The third-order valence-electron chi connectivity index (χ3n) is 4.28. The van der Waals surface area contributed by atoms with Crippen LogP contribution in [0.2, 0.25) is 0 Å². The van der Waals surface area contributed by atoms with Crippen LogP contribution in [-0.4, -0.2) is 41.1 Å². The number of ether oxygens (including phenoxy) is 1. The quantitative estimate of drug-likeness (QED) is 0.310. The van der Waals surface area contributed by atoms with E-state index in [1.807, 2.05) is 24.3 Å². The molecular weight excluding hydrogens is 396 g/mol. The summed E-state index contributed by atoms with van der Waals surface area (Å²) >= 11 is 1.20. The van der Waals surface area contributed by atoms with Crippen molar-refractivity contribution in [3.8, 4) is 5.75 Å². The minimum absolute atomic E-state index is 0.266. The van der Waals surface area contributed by atoms with Gasteiger partial charge in [-0.3, -0.25) is 4.99 Å². The molecule has 1 aliphatic carbocycles. The number of nitrogens with one attached hydrogen (secondary N) is 3. The number of guanidine groups is 1. The van der Waals surface area contributed by atoms with E-state index in [0.717, 1.165) is 17.9 Å². The highest BCUT2D eigenvalue weighted by Crippen LogP contribution is 2.30. The molecule has 0 bridgehead atoms. The predicted octanol–water partition coefficient (Wildman–Crippen LogP) is 2.18. The average molecular weight is 423 g/mol. The second-order valence-electron chi connectivity index (χ2n) is 6.54. The number of hydrogen-bond acceptors (Lipinski definition) is 5. The van der Waals surface area contributed by atoms with Crippen molar-refractivity contribution in [2.75, 3.05) is 26.7 Å². The van der Waals surface area contributed by atoms with Crippen molar-refractivity contribution in [3.05, 3.63) is 47.3 Å².